The third-order valence-electron chi connectivity index (χ3n) is 7.05. The molecule has 2 aromatic heterocycles. The number of rotatable bonds is 4. The van der Waals surface area contributed by atoms with Gasteiger partial charge in [0.15, 0.2) is 5.11 Å². The minimum absolute atomic E-state index is 0.0661. The van der Waals surface area contributed by atoms with Gasteiger partial charge in [-0.2, -0.15) is 0 Å². The summed E-state index contributed by atoms with van der Waals surface area (Å²) < 4.78 is 16.6. The Hall–Kier alpha value is -2.73. The van der Waals surface area contributed by atoms with Crippen LogP contribution in [0.2, 0.25) is 0 Å². The predicted octanol–water partition coefficient (Wildman–Crippen LogP) is 6.24. The number of nitrogens with one attached hydrogen (secondary N) is 1. The molecule has 1 N–H and O–H groups in total. The molecule has 1 aliphatic carbocycles. The maximum absolute atomic E-state index is 14.1. The largest absolute Gasteiger partial charge is 0.351 e. The van der Waals surface area contributed by atoms with E-state index < -0.39 is 0 Å². The number of halogens is 1. The molecule has 3 aromatic rings. The van der Waals surface area contributed by atoms with Crippen molar-refractivity contribution in [2.75, 3.05) is 4.90 Å². The first-order valence-corrected chi connectivity index (χ1v) is 11.8. The molecular formula is C26H29FN4S. The summed E-state index contributed by atoms with van der Waals surface area (Å²) in [7, 11) is 0. The minimum atomic E-state index is -0.205. The Kier molecular flexibility index (Phi) is 5.49. The number of pyridine rings is 1. The number of benzene rings is 1. The molecule has 2 aliphatic rings. The van der Waals surface area contributed by atoms with Crippen LogP contribution in [0, 0.1) is 26.6 Å². The first-order chi connectivity index (χ1) is 15.5. The molecule has 0 bridgehead atoms. The molecule has 0 spiro atoms. The average molecular weight is 449 g/mol. The Morgan fingerprint density at radius 1 is 1.06 bits per heavy atom. The van der Waals surface area contributed by atoms with Gasteiger partial charge >= 0.3 is 0 Å². The van der Waals surface area contributed by atoms with Crippen LogP contribution in [0.15, 0.2) is 48.7 Å². The van der Waals surface area contributed by atoms with E-state index in [0.717, 1.165) is 11.4 Å². The highest BCUT2D eigenvalue weighted by Crippen LogP contribution is 2.45. The summed E-state index contributed by atoms with van der Waals surface area (Å²) in [6.07, 6.45) is 6.89. The quantitative estimate of drug-likeness (QED) is 0.479. The molecule has 1 aliphatic heterocycles. The lowest BCUT2D eigenvalue weighted by atomic mass is 9.96. The van der Waals surface area contributed by atoms with Crippen molar-refractivity contribution in [3.63, 3.8) is 0 Å². The van der Waals surface area contributed by atoms with Gasteiger partial charge in [-0.1, -0.05) is 18.9 Å². The van der Waals surface area contributed by atoms with Crippen LogP contribution in [0.1, 0.15) is 72.0 Å². The Balaban J connectivity index is 1.65. The second kappa shape index (κ2) is 8.32. The second-order valence-corrected chi connectivity index (χ2v) is 9.45. The van der Waals surface area contributed by atoms with Gasteiger partial charge in [-0.25, -0.2) is 4.39 Å². The van der Waals surface area contributed by atoms with Crippen LogP contribution in [0.4, 0.5) is 10.1 Å². The number of nitrogens with zero attached hydrogens (tertiary/aromatic N) is 3. The number of hydrogen-bond donors (Lipinski definition) is 1. The molecule has 1 saturated heterocycles. The predicted molar refractivity (Wildman–Crippen MR) is 130 cm³/mol. The molecule has 0 radical (unpaired) electrons. The Bertz CT molecular complexity index is 1150. The topological polar surface area (TPSA) is 33.1 Å². The Labute approximate surface area is 194 Å². The van der Waals surface area contributed by atoms with Gasteiger partial charge in [0.25, 0.3) is 0 Å². The summed E-state index contributed by atoms with van der Waals surface area (Å²) in [6.45, 7) is 6.23. The molecule has 166 valence electrons. The van der Waals surface area contributed by atoms with Gasteiger partial charge in [0.1, 0.15) is 5.82 Å². The molecule has 2 fully saturated rings. The molecule has 1 saturated carbocycles. The maximum Gasteiger partial charge on any atom is 0.174 e. The molecule has 0 amide bonds. The molecule has 5 rings (SSSR count). The highest BCUT2D eigenvalue weighted by Gasteiger charge is 2.42. The van der Waals surface area contributed by atoms with Crippen LogP contribution < -0.4 is 10.2 Å². The van der Waals surface area contributed by atoms with Crippen LogP contribution in [-0.2, 0) is 0 Å². The first-order valence-electron chi connectivity index (χ1n) is 11.4. The van der Waals surface area contributed by atoms with Gasteiger partial charge in [-0.3, -0.25) is 4.98 Å². The zero-order valence-corrected chi connectivity index (χ0v) is 19.6. The maximum atomic E-state index is 14.1. The summed E-state index contributed by atoms with van der Waals surface area (Å²) in [5, 5.41) is 4.16. The van der Waals surface area contributed by atoms with Crippen molar-refractivity contribution in [2.24, 2.45) is 0 Å². The number of thiocarbonyl (C=S) groups is 1. The fourth-order valence-electron chi connectivity index (χ4n) is 5.55. The molecule has 4 nitrogen and oxygen atoms in total. The lowest BCUT2D eigenvalue weighted by Gasteiger charge is -2.29. The monoisotopic (exact) mass is 448 g/mol. The van der Waals surface area contributed by atoms with Crippen LogP contribution in [0.25, 0.3) is 0 Å². The summed E-state index contributed by atoms with van der Waals surface area (Å²) in [6, 6.07) is 13.9. The molecule has 32 heavy (non-hydrogen) atoms. The van der Waals surface area contributed by atoms with Gasteiger partial charge in [0.2, 0.25) is 0 Å². The molecule has 1 aromatic carbocycles. The van der Waals surface area contributed by atoms with Crippen molar-refractivity contribution in [3.05, 3.63) is 82.7 Å². The standard InChI is InChI=1S/C26H29FN4S/c1-16-14-20(11-12-22(16)27)31-25(24(29-26(31)32)23-10-6-7-13-28-23)21-15-17(2)30(18(21)3)19-8-4-5-9-19/h6-7,10-15,19,24-25H,4-5,8-9H2,1-3H3,(H,29,32)/t24-,25+/m1/s1. The molecule has 0 unspecified atom stereocenters. The zero-order chi connectivity index (χ0) is 22.4. The Morgan fingerprint density at radius 3 is 2.53 bits per heavy atom. The molecule has 2 atom stereocenters. The van der Waals surface area contributed by atoms with Crippen LogP contribution in [-0.4, -0.2) is 14.7 Å². The van der Waals surface area contributed by atoms with E-state index in [4.69, 9.17) is 12.2 Å². The first kappa shape index (κ1) is 21.1. The van der Waals surface area contributed by atoms with Crippen LogP contribution in [0.3, 0.4) is 0 Å². The second-order valence-electron chi connectivity index (χ2n) is 9.06. The van der Waals surface area contributed by atoms with E-state index in [2.05, 4.69) is 39.7 Å². The fraction of sp³-hybridized carbons (Fsp3) is 0.385. The Morgan fingerprint density at radius 2 is 1.84 bits per heavy atom. The smallest absolute Gasteiger partial charge is 0.174 e. The van der Waals surface area contributed by atoms with E-state index in [0.29, 0.717) is 16.7 Å². The summed E-state index contributed by atoms with van der Waals surface area (Å²) in [4.78, 5) is 6.79. The van der Waals surface area contributed by atoms with Crippen LogP contribution in [0.5, 0.6) is 0 Å². The van der Waals surface area contributed by atoms with Crippen molar-refractivity contribution < 1.29 is 4.39 Å². The number of aromatic nitrogens is 2. The van der Waals surface area contributed by atoms with Crippen molar-refractivity contribution >= 4 is 23.0 Å². The summed E-state index contributed by atoms with van der Waals surface area (Å²) in [5.74, 6) is -0.205. The van der Waals surface area contributed by atoms with E-state index in [-0.39, 0.29) is 17.9 Å². The van der Waals surface area contributed by atoms with Gasteiger partial charge < -0.3 is 14.8 Å². The highest BCUT2D eigenvalue weighted by atomic mass is 32.1. The lowest BCUT2D eigenvalue weighted by Crippen LogP contribution is -2.29. The van der Waals surface area contributed by atoms with Gasteiger partial charge in [0, 0.05) is 29.3 Å². The normalized spacial score (nSPS) is 21.4. The van der Waals surface area contributed by atoms with Gasteiger partial charge in [-0.15, -0.1) is 0 Å². The summed E-state index contributed by atoms with van der Waals surface area (Å²) in [5.41, 5.74) is 6.29. The number of hydrogen-bond acceptors (Lipinski definition) is 2. The lowest BCUT2D eigenvalue weighted by molar-refractivity contribution is 0.494. The van der Waals surface area contributed by atoms with Crippen molar-refractivity contribution in [3.8, 4) is 0 Å². The minimum Gasteiger partial charge on any atom is -0.351 e. The van der Waals surface area contributed by atoms with Crippen molar-refractivity contribution in [2.45, 2.75) is 64.6 Å². The van der Waals surface area contributed by atoms with Crippen LogP contribution >= 0.6 is 12.2 Å². The van der Waals surface area contributed by atoms with E-state index in [1.807, 2.05) is 36.5 Å². The SMILES string of the molecule is Cc1cc(N2C(=S)N[C@H](c3ccccn3)[C@@H]2c2cc(C)n(C3CCCC3)c2C)ccc1F. The fourth-order valence-corrected chi connectivity index (χ4v) is 5.90. The average Bonchev–Trinajstić information content (AvgIpc) is 3.49. The zero-order valence-electron chi connectivity index (χ0n) is 18.8. The van der Waals surface area contributed by atoms with Crippen molar-refractivity contribution in [1.29, 1.82) is 0 Å². The van der Waals surface area contributed by atoms with E-state index in [1.54, 1.807) is 6.92 Å². The third-order valence-corrected chi connectivity index (χ3v) is 7.36. The van der Waals surface area contributed by atoms with E-state index >= 15 is 0 Å². The highest BCUT2D eigenvalue weighted by molar-refractivity contribution is 7.80. The van der Waals surface area contributed by atoms with E-state index in [9.17, 15) is 4.39 Å². The van der Waals surface area contributed by atoms with E-state index in [1.165, 1.54) is 48.7 Å². The molecule has 3 heterocycles. The molecule has 6 heteroatoms. The van der Waals surface area contributed by atoms with Gasteiger partial charge in [-0.05, 0) is 93.4 Å². The van der Waals surface area contributed by atoms with Crippen molar-refractivity contribution in [1.82, 2.24) is 14.9 Å². The summed E-state index contributed by atoms with van der Waals surface area (Å²) >= 11 is 5.83. The van der Waals surface area contributed by atoms with Gasteiger partial charge in [0.05, 0.1) is 17.8 Å². The number of anilines is 1. The number of aryl methyl sites for hydroxylation is 2. The molecular weight excluding hydrogens is 419 g/mol. The third kappa shape index (κ3) is 3.51.